The fraction of sp³-hybridized carbons (Fsp3) is 0.429. The summed E-state index contributed by atoms with van der Waals surface area (Å²) in [4.78, 5) is 23.6. The zero-order chi connectivity index (χ0) is 19.1. The van der Waals surface area contributed by atoms with E-state index in [9.17, 15) is 4.79 Å². The lowest BCUT2D eigenvalue weighted by Crippen LogP contribution is -2.46. The largest absolute Gasteiger partial charge is 0.354 e. The molecule has 1 aliphatic heterocycles. The first-order valence-electron chi connectivity index (χ1n) is 9.52. The Hall–Kier alpha value is -2.44. The Kier molecular flexibility index (Phi) is 6.79. The molecule has 0 spiro atoms. The van der Waals surface area contributed by atoms with Crippen molar-refractivity contribution < 1.29 is 4.79 Å². The number of rotatable bonds is 7. The number of nitrogens with zero attached hydrogens (tertiary/aromatic N) is 4. The summed E-state index contributed by atoms with van der Waals surface area (Å²) in [5, 5.41) is 2.96. The number of benzene rings is 1. The molecule has 0 aliphatic carbocycles. The SMILES string of the molecule is CN(C)CCNC(=O)c1ccnc(N2CCN(Cc3ccccc3)CC2)c1. The molecule has 2 heterocycles. The number of amides is 1. The van der Waals surface area contributed by atoms with Gasteiger partial charge in [0.15, 0.2) is 0 Å². The molecule has 6 heteroatoms. The van der Waals surface area contributed by atoms with Crippen molar-refractivity contribution in [3.8, 4) is 0 Å². The van der Waals surface area contributed by atoms with Crippen molar-refractivity contribution in [2.75, 3.05) is 58.3 Å². The summed E-state index contributed by atoms with van der Waals surface area (Å²) in [6, 6.07) is 14.3. The molecule has 1 amide bonds. The van der Waals surface area contributed by atoms with E-state index >= 15 is 0 Å². The minimum absolute atomic E-state index is 0.0387. The van der Waals surface area contributed by atoms with Crippen molar-refractivity contribution in [3.05, 3.63) is 59.8 Å². The predicted molar refractivity (Wildman–Crippen MR) is 109 cm³/mol. The molecule has 1 aliphatic rings. The van der Waals surface area contributed by atoms with Crippen LogP contribution in [0.3, 0.4) is 0 Å². The van der Waals surface area contributed by atoms with Gasteiger partial charge in [-0.2, -0.15) is 0 Å². The van der Waals surface area contributed by atoms with E-state index < -0.39 is 0 Å². The van der Waals surface area contributed by atoms with E-state index in [1.807, 2.05) is 25.1 Å². The van der Waals surface area contributed by atoms with Crippen LogP contribution < -0.4 is 10.2 Å². The second-order valence-electron chi connectivity index (χ2n) is 7.21. The highest BCUT2D eigenvalue weighted by molar-refractivity contribution is 5.94. The smallest absolute Gasteiger partial charge is 0.251 e. The van der Waals surface area contributed by atoms with E-state index in [2.05, 4.69) is 50.4 Å². The molecule has 0 saturated carbocycles. The first-order valence-corrected chi connectivity index (χ1v) is 9.52. The molecule has 0 atom stereocenters. The topological polar surface area (TPSA) is 51.7 Å². The lowest BCUT2D eigenvalue weighted by atomic mass is 10.2. The third kappa shape index (κ3) is 5.77. The number of carbonyl (C=O) groups is 1. The molecule has 0 radical (unpaired) electrons. The Balaban J connectivity index is 1.53. The van der Waals surface area contributed by atoms with Gasteiger partial charge >= 0.3 is 0 Å². The van der Waals surface area contributed by atoms with Crippen LogP contribution in [0, 0.1) is 0 Å². The van der Waals surface area contributed by atoms with Gasteiger partial charge in [-0.25, -0.2) is 4.98 Å². The highest BCUT2D eigenvalue weighted by atomic mass is 16.1. The molecular formula is C21H29N5O. The number of anilines is 1. The predicted octanol–water partition coefficient (Wildman–Crippen LogP) is 1.70. The maximum Gasteiger partial charge on any atom is 0.251 e. The second kappa shape index (κ2) is 9.48. The number of aromatic nitrogens is 1. The van der Waals surface area contributed by atoms with Gasteiger partial charge in [-0.05, 0) is 31.8 Å². The summed E-state index contributed by atoms with van der Waals surface area (Å²) in [6.45, 7) is 6.29. The molecule has 144 valence electrons. The number of nitrogens with one attached hydrogen (secondary N) is 1. The third-order valence-corrected chi connectivity index (χ3v) is 4.80. The highest BCUT2D eigenvalue weighted by Gasteiger charge is 2.19. The molecule has 1 aromatic carbocycles. The van der Waals surface area contributed by atoms with E-state index in [0.717, 1.165) is 45.1 Å². The molecule has 0 unspecified atom stereocenters. The molecule has 27 heavy (non-hydrogen) atoms. The Morgan fingerprint density at radius 2 is 1.85 bits per heavy atom. The Morgan fingerprint density at radius 1 is 1.11 bits per heavy atom. The standard InChI is InChI=1S/C21H29N5O/c1-24(2)11-10-23-21(27)19-8-9-22-20(16-19)26-14-12-25(13-15-26)17-18-6-4-3-5-7-18/h3-9,16H,10-15,17H2,1-2H3,(H,23,27). The van der Waals surface area contributed by atoms with Gasteiger partial charge in [0.25, 0.3) is 5.91 Å². The Morgan fingerprint density at radius 3 is 2.56 bits per heavy atom. The van der Waals surface area contributed by atoms with Gasteiger partial charge in [-0.3, -0.25) is 9.69 Å². The quantitative estimate of drug-likeness (QED) is 0.807. The van der Waals surface area contributed by atoms with Gasteiger partial charge < -0.3 is 15.1 Å². The van der Waals surface area contributed by atoms with E-state index in [1.54, 1.807) is 12.3 Å². The molecule has 2 aromatic rings. The highest BCUT2D eigenvalue weighted by Crippen LogP contribution is 2.16. The van der Waals surface area contributed by atoms with Crippen molar-refractivity contribution >= 4 is 11.7 Å². The minimum Gasteiger partial charge on any atom is -0.354 e. The van der Waals surface area contributed by atoms with E-state index in [1.165, 1.54) is 5.56 Å². The molecule has 1 fully saturated rings. The van der Waals surface area contributed by atoms with Crippen LogP contribution in [0.5, 0.6) is 0 Å². The van der Waals surface area contributed by atoms with Gasteiger partial charge in [0.05, 0.1) is 0 Å². The van der Waals surface area contributed by atoms with Crippen LogP contribution >= 0.6 is 0 Å². The van der Waals surface area contributed by atoms with Crippen molar-refractivity contribution in [1.29, 1.82) is 0 Å². The van der Waals surface area contributed by atoms with Gasteiger partial charge in [0.1, 0.15) is 5.82 Å². The number of carbonyl (C=O) groups excluding carboxylic acids is 1. The first kappa shape index (κ1) is 19.3. The first-order chi connectivity index (χ1) is 13.1. The number of pyridine rings is 1. The van der Waals surface area contributed by atoms with Crippen molar-refractivity contribution in [2.45, 2.75) is 6.54 Å². The van der Waals surface area contributed by atoms with Crippen LogP contribution in [0.2, 0.25) is 0 Å². The summed E-state index contributed by atoms with van der Waals surface area (Å²) in [7, 11) is 3.99. The van der Waals surface area contributed by atoms with Gasteiger partial charge in [0.2, 0.25) is 0 Å². The maximum absolute atomic E-state index is 12.3. The summed E-state index contributed by atoms with van der Waals surface area (Å²) >= 11 is 0. The van der Waals surface area contributed by atoms with Crippen LogP contribution in [0.4, 0.5) is 5.82 Å². The molecule has 1 saturated heterocycles. The van der Waals surface area contributed by atoms with Crippen LogP contribution in [0.1, 0.15) is 15.9 Å². The normalized spacial score (nSPS) is 15.1. The summed E-state index contributed by atoms with van der Waals surface area (Å²) in [5.41, 5.74) is 2.02. The van der Waals surface area contributed by atoms with Gasteiger partial charge in [-0.15, -0.1) is 0 Å². The second-order valence-corrected chi connectivity index (χ2v) is 7.21. The average molecular weight is 367 g/mol. The maximum atomic E-state index is 12.3. The monoisotopic (exact) mass is 367 g/mol. The summed E-state index contributed by atoms with van der Waals surface area (Å²) in [6.07, 6.45) is 1.73. The molecule has 3 rings (SSSR count). The van der Waals surface area contributed by atoms with E-state index in [0.29, 0.717) is 12.1 Å². The zero-order valence-corrected chi connectivity index (χ0v) is 16.3. The Labute approximate surface area is 161 Å². The fourth-order valence-corrected chi connectivity index (χ4v) is 3.20. The average Bonchev–Trinajstić information content (AvgIpc) is 2.69. The number of hydrogen-bond donors (Lipinski definition) is 1. The summed E-state index contributed by atoms with van der Waals surface area (Å²) in [5.74, 6) is 0.845. The van der Waals surface area contributed by atoms with E-state index in [-0.39, 0.29) is 5.91 Å². The lowest BCUT2D eigenvalue weighted by molar-refractivity contribution is 0.0951. The third-order valence-electron chi connectivity index (χ3n) is 4.80. The van der Waals surface area contributed by atoms with Crippen molar-refractivity contribution in [2.24, 2.45) is 0 Å². The van der Waals surface area contributed by atoms with Crippen LogP contribution in [0.25, 0.3) is 0 Å². The molecule has 0 bridgehead atoms. The van der Waals surface area contributed by atoms with Gasteiger partial charge in [0, 0.05) is 57.6 Å². The van der Waals surface area contributed by atoms with Crippen molar-refractivity contribution in [1.82, 2.24) is 20.1 Å². The lowest BCUT2D eigenvalue weighted by Gasteiger charge is -2.35. The Bertz CT molecular complexity index is 726. The van der Waals surface area contributed by atoms with Crippen LogP contribution in [-0.4, -0.2) is 74.1 Å². The van der Waals surface area contributed by atoms with Crippen LogP contribution in [-0.2, 0) is 6.54 Å². The fourth-order valence-electron chi connectivity index (χ4n) is 3.20. The number of hydrogen-bond acceptors (Lipinski definition) is 5. The summed E-state index contributed by atoms with van der Waals surface area (Å²) < 4.78 is 0. The van der Waals surface area contributed by atoms with E-state index in [4.69, 9.17) is 0 Å². The zero-order valence-electron chi connectivity index (χ0n) is 16.3. The number of likely N-dealkylation sites (N-methyl/N-ethyl adjacent to an activating group) is 1. The number of piperazine rings is 1. The molecular weight excluding hydrogens is 338 g/mol. The van der Waals surface area contributed by atoms with Crippen molar-refractivity contribution in [3.63, 3.8) is 0 Å². The molecule has 1 N–H and O–H groups in total. The molecule has 1 aromatic heterocycles. The molecule has 6 nitrogen and oxygen atoms in total. The minimum atomic E-state index is -0.0387. The van der Waals surface area contributed by atoms with Gasteiger partial charge in [-0.1, -0.05) is 30.3 Å². The van der Waals surface area contributed by atoms with Crippen LogP contribution in [0.15, 0.2) is 48.7 Å².